The number of hydrogen-bond donors (Lipinski definition) is 2. The summed E-state index contributed by atoms with van der Waals surface area (Å²) in [6.45, 7) is 7.32. The van der Waals surface area contributed by atoms with E-state index in [4.69, 9.17) is 9.73 Å². The lowest BCUT2D eigenvalue weighted by Gasteiger charge is -2.15. The van der Waals surface area contributed by atoms with E-state index in [9.17, 15) is 0 Å². The third kappa shape index (κ3) is 7.75. The molecule has 0 fully saturated rings. The van der Waals surface area contributed by atoms with Crippen molar-refractivity contribution in [1.82, 2.24) is 10.6 Å². The van der Waals surface area contributed by atoms with E-state index in [1.807, 2.05) is 0 Å². The predicted octanol–water partition coefficient (Wildman–Crippen LogP) is 4.37. The molecule has 4 nitrogen and oxygen atoms in total. The molecule has 1 atom stereocenters. The van der Waals surface area contributed by atoms with Crippen molar-refractivity contribution in [1.29, 1.82) is 0 Å². The van der Waals surface area contributed by atoms with Crippen LogP contribution in [0.2, 0.25) is 0 Å². The Morgan fingerprint density at radius 2 is 2.00 bits per heavy atom. The molecule has 0 aliphatic heterocycles. The molecule has 2 N–H and O–H groups in total. The Kier molecular flexibility index (Phi) is 10.8. The molecule has 138 valence electrons. The topological polar surface area (TPSA) is 45.7 Å². The van der Waals surface area contributed by atoms with E-state index in [-0.39, 0.29) is 24.0 Å². The summed E-state index contributed by atoms with van der Waals surface area (Å²) < 4.78 is 5.19. The van der Waals surface area contributed by atoms with Gasteiger partial charge in [0.2, 0.25) is 0 Å². The second-order valence-corrected chi connectivity index (χ2v) is 6.72. The first kappa shape index (κ1) is 21.9. The molecule has 0 amide bonds. The second kappa shape index (κ2) is 12.3. The minimum absolute atomic E-state index is 0. The number of nitrogens with zero attached hydrogens (tertiary/aromatic N) is 1. The average molecular weight is 473 g/mol. The van der Waals surface area contributed by atoms with Crippen molar-refractivity contribution in [3.05, 3.63) is 57.8 Å². The van der Waals surface area contributed by atoms with E-state index in [0.717, 1.165) is 19.0 Å². The number of thiophene rings is 1. The first-order valence-corrected chi connectivity index (χ1v) is 9.23. The number of nitrogens with one attached hydrogen (secondary N) is 2. The van der Waals surface area contributed by atoms with Crippen LogP contribution in [0.1, 0.15) is 35.8 Å². The highest BCUT2D eigenvalue weighted by Crippen LogP contribution is 2.19. The average Bonchev–Trinajstić information content (AvgIpc) is 3.12. The van der Waals surface area contributed by atoms with Gasteiger partial charge in [-0.05, 0) is 29.5 Å². The van der Waals surface area contributed by atoms with Crippen molar-refractivity contribution in [2.24, 2.45) is 4.99 Å². The van der Waals surface area contributed by atoms with Gasteiger partial charge in [0.25, 0.3) is 0 Å². The molecule has 1 aromatic carbocycles. The van der Waals surface area contributed by atoms with Gasteiger partial charge in [-0.2, -0.15) is 0 Å². The summed E-state index contributed by atoms with van der Waals surface area (Å²) >= 11 is 1.80. The van der Waals surface area contributed by atoms with E-state index >= 15 is 0 Å². The summed E-state index contributed by atoms with van der Waals surface area (Å²) in [5.41, 5.74) is 2.36. The highest BCUT2D eigenvalue weighted by molar-refractivity contribution is 14.0. The van der Waals surface area contributed by atoms with E-state index in [1.54, 1.807) is 18.4 Å². The lowest BCUT2D eigenvalue weighted by atomic mass is 10.1. The van der Waals surface area contributed by atoms with Crippen molar-refractivity contribution in [3.8, 4) is 0 Å². The van der Waals surface area contributed by atoms with Crippen LogP contribution in [0.25, 0.3) is 0 Å². The lowest BCUT2D eigenvalue weighted by Crippen LogP contribution is -2.39. The molecule has 0 aliphatic carbocycles. The second-order valence-electron chi connectivity index (χ2n) is 5.75. The van der Waals surface area contributed by atoms with Gasteiger partial charge in [0.1, 0.15) is 0 Å². The molecule has 2 aromatic rings. The van der Waals surface area contributed by atoms with Crippen LogP contribution in [-0.2, 0) is 17.9 Å². The molecule has 0 aliphatic rings. The van der Waals surface area contributed by atoms with Crippen molar-refractivity contribution < 1.29 is 4.74 Å². The van der Waals surface area contributed by atoms with Gasteiger partial charge in [-0.3, -0.25) is 0 Å². The van der Waals surface area contributed by atoms with Crippen LogP contribution in [-0.4, -0.2) is 26.2 Å². The number of rotatable bonds is 8. The Morgan fingerprint density at radius 1 is 1.20 bits per heavy atom. The quantitative estimate of drug-likeness (QED) is 0.340. The van der Waals surface area contributed by atoms with Crippen molar-refractivity contribution in [2.75, 3.05) is 20.2 Å². The number of aliphatic imine (C=N–C) groups is 1. The fourth-order valence-electron chi connectivity index (χ4n) is 2.42. The number of ether oxygens (including phenoxy) is 1. The molecule has 1 aromatic heterocycles. The Morgan fingerprint density at radius 3 is 2.68 bits per heavy atom. The van der Waals surface area contributed by atoms with Gasteiger partial charge in [0.05, 0.1) is 13.2 Å². The lowest BCUT2D eigenvalue weighted by molar-refractivity contribution is 0.185. The summed E-state index contributed by atoms with van der Waals surface area (Å²) in [6.07, 6.45) is 0. The number of halogens is 1. The summed E-state index contributed by atoms with van der Waals surface area (Å²) in [5.74, 6) is 1.33. The van der Waals surface area contributed by atoms with Gasteiger partial charge in [-0.25, -0.2) is 4.99 Å². The molecule has 0 bridgehead atoms. The minimum Gasteiger partial charge on any atom is -0.380 e. The predicted molar refractivity (Wildman–Crippen MR) is 118 cm³/mol. The van der Waals surface area contributed by atoms with Gasteiger partial charge in [0, 0.05) is 31.0 Å². The fraction of sp³-hybridized carbons (Fsp3) is 0.421. The van der Waals surface area contributed by atoms with Gasteiger partial charge in [-0.1, -0.05) is 37.3 Å². The maximum absolute atomic E-state index is 5.19. The number of benzene rings is 1. The zero-order chi connectivity index (χ0) is 17.2. The van der Waals surface area contributed by atoms with Gasteiger partial charge < -0.3 is 15.4 Å². The minimum atomic E-state index is 0. The zero-order valence-corrected chi connectivity index (χ0v) is 18.3. The Hall–Kier alpha value is -1.12. The zero-order valence-electron chi connectivity index (χ0n) is 15.1. The summed E-state index contributed by atoms with van der Waals surface area (Å²) in [5, 5.41) is 8.87. The van der Waals surface area contributed by atoms with E-state index < -0.39 is 0 Å². The molecule has 0 saturated heterocycles. The molecule has 6 heteroatoms. The Bertz CT molecular complexity index is 631. The van der Waals surface area contributed by atoms with E-state index in [2.05, 4.69) is 66.3 Å². The first-order chi connectivity index (χ1) is 11.7. The SMILES string of the molecule is CCNC(=NCc1cccc(COC)c1)NCC(C)c1cccs1.I. The smallest absolute Gasteiger partial charge is 0.191 e. The van der Waals surface area contributed by atoms with Crippen LogP contribution in [0.5, 0.6) is 0 Å². The van der Waals surface area contributed by atoms with Crippen molar-refractivity contribution in [2.45, 2.75) is 32.9 Å². The molecular formula is C19H28IN3OS. The summed E-state index contributed by atoms with van der Waals surface area (Å²) in [6, 6.07) is 12.7. The molecule has 1 unspecified atom stereocenters. The maximum Gasteiger partial charge on any atom is 0.191 e. The monoisotopic (exact) mass is 473 g/mol. The fourth-order valence-corrected chi connectivity index (χ4v) is 3.21. The molecule has 2 rings (SSSR count). The molecular weight excluding hydrogens is 445 g/mol. The van der Waals surface area contributed by atoms with Crippen LogP contribution in [0, 0.1) is 0 Å². The molecule has 25 heavy (non-hydrogen) atoms. The van der Waals surface area contributed by atoms with Crippen LogP contribution in [0.4, 0.5) is 0 Å². The largest absolute Gasteiger partial charge is 0.380 e. The highest BCUT2D eigenvalue weighted by Gasteiger charge is 2.07. The number of guanidine groups is 1. The molecule has 0 saturated carbocycles. The van der Waals surface area contributed by atoms with Crippen LogP contribution < -0.4 is 10.6 Å². The summed E-state index contributed by atoms with van der Waals surface area (Å²) in [4.78, 5) is 6.09. The van der Waals surface area contributed by atoms with Crippen LogP contribution in [0.15, 0.2) is 46.8 Å². The Labute approximate surface area is 172 Å². The van der Waals surface area contributed by atoms with E-state index in [1.165, 1.54) is 16.0 Å². The summed E-state index contributed by atoms with van der Waals surface area (Å²) in [7, 11) is 1.72. The van der Waals surface area contributed by atoms with Crippen molar-refractivity contribution >= 4 is 41.3 Å². The standard InChI is InChI=1S/C19H27N3OS.HI/c1-4-20-19(21-12-15(2)18-9-6-10-24-18)22-13-16-7-5-8-17(11-16)14-23-3;/h5-11,15H,4,12-14H2,1-3H3,(H2,20,21,22);1H. The van der Waals surface area contributed by atoms with Crippen LogP contribution in [0.3, 0.4) is 0 Å². The first-order valence-electron chi connectivity index (χ1n) is 8.35. The Balaban J connectivity index is 0.00000312. The number of methoxy groups -OCH3 is 1. The van der Waals surface area contributed by atoms with Gasteiger partial charge in [0.15, 0.2) is 5.96 Å². The van der Waals surface area contributed by atoms with Gasteiger partial charge in [-0.15, -0.1) is 35.3 Å². The molecule has 0 radical (unpaired) electrons. The van der Waals surface area contributed by atoms with Gasteiger partial charge >= 0.3 is 0 Å². The third-order valence-corrected chi connectivity index (χ3v) is 4.77. The normalized spacial score (nSPS) is 12.4. The molecule has 0 spiro atoms. The van der Waals surface area contributed by atoms with Crippen molar-refractivity contribution in [3.63, 3.8) is 0 Å². The maximum atomic E-state index is 5.19. The number of hydrogen-bond acceptors (Lipinski definition) is 3. The van der Waals surface area contributed by atoms with E-state index in [0.29, 0.717) is 19.1 Å². The van der Waals surface area contributed by atoms with Crippen LogP contribution >= 0.6 is 35.3 Å². The highest BCUT2D eigenvalue weighted by atomic mass is 127. The molecule has 1 heterocycles. The third-order valence-electron chi connectivity index (χ3n) is 3.67.